The first-order chi connectivity index (χ1) is 14.7. The molecule has 0 unspecified atom stereocenters. The monoisotopic (exact) mass is 409 g/mol. The van der Waals surface area contributed by atoms with E-state index in [4.69, 9.17) is 0 Å². The van der Waals surface area contributed by atoms with Crippen LogP contribution in [0.4, 0.5) is 0 Å². The van der Waals surface area contributed by atoms with E-state index in [2.05, 4.69) is 15.2 Å². The summed E-state index contributed by atoms with van der Waals surface area (Å²) in [5.74, 6) is 0.492. The van der Waals surface area contributed by atoms with Gasteiger partial charge in [-0.1, -0.05) is 19.3 Å². The van der Waals surface area contributed by atoms with Crippen LogP contribution in [0.25, 0.3) is 11.0 Å². The van der Waals surface area contributed by atoms with E-state index >= 15 is 0 Å². The van der Waals surface area contributed by atoms with Crippen LogP contribution in [0.15, 0.2) is 18.2 Å². The Balaban J connectivity index is 1.30. The maximum absolute atomic E-state index is 13.1. The van der Waals surface area contributed by atoms with E-state index in [1.807, 2.05) is 27.7 Å². The average Bonchev–Trinajstić information content (AvgIpc) is 3.42. The maximum atomic E-state index is 13.1. The zero-order chi connectivity index (χ0) is 20.5. The molecule has 1 N–H and O–H groups in total. The molecule has 3 heterocycles. The first kappa shape index (κ1) is 19.5. The topological polar surface area (TPSA) is 70.5 Å². The van der Waals surface area contributed by atoms with Crippen LogP contribution in [0.3, 0.4) is 0 Å². The van der Waals surface area contributed by atoms with Crippen molar-refractivity contribution in [3.8, 4) is 0 Å². The Morgan fingerprint density at radius 2 is 1.83 bits per heavy atom. The second kappa shape index (κ2) is 8.38. The number of hydrogen-bond donors (Lipinski definition) is 1. The molecule has 160 valence electrons. The van der Waals surface area contributed by atoms with Crippen molar-refractivity contribution in [3.05, 3.63) is 29.6 Å². The van der Waals surface area contributed by atoms with Crippen LogP contribution in [0.1, 0.15) is 65.9 Å². The molecule has 7 nitrogen and oxygen atoms in total. The molecule has 1 saturated heterocycles. The third-order valence-corrected chi connectivity index (χ3v) is 6.95. The molecule has 7 heteroatoms. The van der Waals surface area contributed by atoms with Crippen LogP contribution < -0.4 is 5.32 Å². The molecule has 0 radical (unpaired) electrons. The van der Waals surface area contributed by atoms with Crippen LogP contribution >= 0.6 is 0 Å². The molecule has 5 rings (SSSR count). The Kier molecular flexibility index (Phi) is 5.46. The molecule has 2 aliphatic heterocycles. The number of benzene rings is 1. The van der Waals surface area contributed by atoms with Crippen LogP contribution in [-0.2, 0) is 6.54 Å². The van der Waals surface area contributed by atoms with E-state index in [1.165, 1.54) is 32.1 Å². The number of nitrogens with zero attached hydrogens (tertiary/aromatic N) is 4. The Bertz CT molecular complexity index is 940. The molecule has 2 fully saturated rings. The molecule has 1 saturated carbocycles. The lowest BCUT2D eigenvalue weighted by Gasteiger charge is -2.36. The molecule has 30 heavy (non-hydrogen) atoms. The van der Waals surface area contributed by atoms with Crippen LogP contribution in [0, 0.1) is 0 Å². The smallest absolute Gasteiger partial charge is 0.290 e. The van der Waals surface area contributed by atoms with Crippen LogP contribution in [0.2, 0.25) is 0 Å². The molecule has 3 aliphatic rings. The molecule has 1 aromatic heterocycles. The number of amides is 2. The lowest BCUT2D eigenvalue weighted by molar-refractivity contribution is 0.0566. The van der Waals surface area contributed by atoms with Crippen LogP contribution in [0.5, 0.6) is 0 Å². The Morgan fingerprint density at radius 1 is 1.03 bits per heavy atom. The predicted molar refractivity (Wildman–Crippen MR) is 116 cm³/mol. The minimum Gasteiger partial charge on any atom is -0.351 e. The fourth-order valence-corrected chi connectivity index (χ4v) is 5.28. The first-order valence-electron chi connectivity index (χ1n) is 11.5. The number of likely N-dealkylation sites (tertiary alicyclic amines) is 1. The van der Waals surface area contributed by atoms with Gasteiger partial charge in [0.15, 0.2) is 5.82 Å². The molecular weight excluding hydrogens is 378 g/mol. The van der Waals surface area contributed by atoms with Crippen molar-refractivity contribution < 1.29 is 9.59 Å². The molecule has 1 aromatic carbocycles. The highest BCUT2D eigenvalue weighted by molar-refractivity contribution is 6.00. The highest BCUT2D eigenvalue weighted by Gasteiger charge is 2.33. The van der Waals surface area contributed by atoms with Gasteiger partial charge in [-0.2, -0.15) is 0 Å². The molecule has 0 atom stereocenters. The third kappa shape index (κ3) is 3.71. The van der Waals surface area contributed by atoms with Gasteiger partial charge in [0.2, 0.25) is 0 Å². The SMILES string of the molecule is O=C(NCCN1CCCC1)c1ccc2c(c1)nc1n2CCN(C2CCCCC2)C1=O. The summed E-state index contributed by atoms with van der Waals surface area (Å²) in [4.78, 5) is 34.8. The van der Waals surface area contributed by atoms with E-state index in [0.29, 0.717) is 24.0 Å². The second-order valence-electron chi connectivity index (χ2n) is 8.89. The van der Waals surface area contributed by atoms with Gasteiger partial charge in [-0.3, -0.25) is 9.59 Å². The van der Waals surface area contributed by atoms with Gasteiger partial charge in [-0.05, 0) is 57.0 Å². The van der Waals surface area contributed by atoms with E-state index in [-0.39, 0.29) is 11.8 Å². The van der Waals surface area contributed by atoms with Gasteiger partial charge in [0.1, 0.15) is 0 Å². The number of nitrogens with one attached hydrogen (secondary N) is 1. The van der Waals surface area contributed by atoms with Crippen molar-refractivity contribution in [1.29, 1.82) is 0 Å². The fourth-order valence-electron chi connectivity index (χ4n) is 5.28. The zero-order valence-corrected chi connectivity index (χ0v) is 17.6. The second-order valence-corrected chi connectivity index (χ2v) is 8.89. The quantitative estimate of drug-likeness (QED) is 0.824. The standard InChI is InChI=1S/C23H31N5O2/c29-22(24-10-13-26-11-4-5-12-26)17-8-9-20-19(16-17)25-21-23(30)27(14-15-28(20)21)18-6-2-1-3-7-18/h8-9,16,18H,1-7,10-15H2,(H,24,29). The molecule has 2 amide bonds. The minimum absolute atomic E-state index is 0.0426. The van der Waals surface area contributed by atoms with Crippen molar-refractivity contribution in [1.82, 2.24) is 24.7 Å². The third-order valence-electron chi connectivity index (χ3n) is 6.95. The lowest BCUT2D eigenvalue weighted by Crippen LogP contribution is -2.47. The minimum atomic E-state index is -0.0720. The number of fused-ring (bicyclic) bond motifs is 3. The van der Waals surface area contributed by atoms with Gasteiger partial charge in [-0.15, -0.1) is 0 Å². The molecule has 1 aliphatic carbocycles. The van der Waals surface area contributed by atoms with Crippen LogP contribution in [-0.4, -0.2) is 69.9 Å². The van der Waals surface area contributed by atoms with Crippen molar-refractivity contribution in [2.75, 3.05) is 32.7 Å². The van der Waals surface area contributed by atoms with E-state index < -0.39 is 0 Å². The van der Waals surface area contributed by atoms with Crippen molar-refractivity contribution in [2.24, 2.45) is 0 Å². The number of hydrogen-bond acceptors (Lipinski definition) is 4. The average molecular weight is 410 g/mol. The van der Waals surface area contributed by atoms with Gasteiger partial charge in [0.05, 0.1) is 11.0 Å². The van der Waals surface area contributed by atoms with Gasteiger partial charge < -0.3 is 19.7 Å². The lowest BCUT2D eigenvalue weighted by atomic mass is 9.94. The summed E-state index contributed by atoms with van der Waals surface area (Å²) in [6.45, 7) is 5.35. The number of imidazole rings is 1. The Labute approximate surface area is 177 Å². The Morgan fingerprint density at radius 3 is 2.63 bits per heavy atom. The summed E-state index contributed by atoms with van der Waals surface area (Å²) < 4.78 is 2.02. The highest BCUT2D eigenvalue weighted by atomic mass is 16.2. The zero-order valence-electron chi connectivity index (χ0n) is 17.6. The summed E-state index contributed by atoms with van der Waals surface area (Å²) in [6, 6.07) is 5.96. The molecule has 0 spiro atoms. The van der Waals surface area contributed by atoms with Gasteiger partial charge in [-0.25, -0.2) is 4.98 Å². The molecule has 0 bridgehead atoms. The van der Waals surface area contributed by atoms with E-state index in [0.717, 1.165) is 56.6 Å². The largest absolute Gasteiger partial charge is 0.351 e. The number of aromatic nitrogens is 2. The number of carbonyl (C=O) groups excluding carboxylic acids is 2. The van der Waals surface area contributed by atoms with Crippen molar-refractivity contribution in [2.45, 2.75) is 57.5 Å². The van der Waals surface area contributed by atoms with E-state index in [1.54, 1.807) is 0 Å². The first-order valence-corrected chi connectivity index (χ1v) is 11.5. The van der Waals surface area contributed by atoms with Gasteiger partial charge >= 0.3 is 0 Å². The predicted octanol–water partition coefficient (Wildman–Crippen LogP) is 2.65. The summed E-state index contributed by atoms with van der Waals surface area (Å²) in [5.41, 5.74) is 2.28. The van der Waals surface area contributed by atoms with Gasteiger partial charge in [0, 0.05) is 37.8 Å². The normalized spacial score (nSPS) is 20.7. The summed E-state index contributed by atoms with van der Waals surface area (Å²) in [5, 5.41) is 3.02. The Hall–Kier alpha value is -2.41. The van der Waals surface area contributed by atoms with Gasteiger partial charge in [0.25, 0.3) is 11.8 Å². The van der Waals surface area contributed by atoms with E-state index in [9.17, 15) is 9.59 Å². The van der Waals surface area contributed by atoms with Crippen molar-refractivity contribution in [3.63, 3.8) is 0 Å². The summed E-state index contributed by atoms with van der Waals surface area (Å²) in [7, 11) is 0. The number of rotatable bonds is 5. The number of carbonyl (C=O) groups is 2. The van der Waals surface area contributed by atoms with Crippen molar-refractivity contribution >= 4 is 22.8 Å². The summed E-state index contributed by atoms with van der Waals surface area (Å²) in [6.07, 6.45) is 8.42. The highest BCUT2D eigenvalue weighted by Crippen LogP contribution is 2.28. The fraction of sp³-hybridized carbons (Fsp3) is 0.609. The molecule has 2 aromatic rings. The summed E-state index contributed by atoms with van der Waals surface area (Å²) >= 11 is 0. The molecular formula is C23H31N5O2. The maximum Gasteiger partial charge on any atom is 0.290 e.